The Kier molecular flexibility index (Phi) is 5.61. The van der Waals surface area contributed by atoms with Gasteiger partial charge in [-0.2, -0.15) is 0 Å². The Morgan fingerprint density at radius 3 is 2.86 bits per heavy atom. The fraction of sp³-hybridized carbons (Fsp3) is 0.467. The number of nitrogens with zero attached hydrogens (tertiary/aromatic N) is 2. The molecule has 0 aliphatic rings. The minimum atomic E-state index is -1.09. The standard InChI is InChI=1S/C15H22ClN3O2Si/c1-22(2,3)8-7-21-11-19-6-4-5-13(19)15-17-12(10-16)9-14(20)18-15/h4-6,9H,7-8,10-11H2,1-3H3,(H,17,18,20). The molecule has 2 aromatic heterocycles. The number of alkyl halides is 1. The lowest BCUT2D eigenvalue weighted by Crippen LogP contribution is -2.22. The summed E-state index contributed by atoms with van der Waals surface area (Å²) in [7, 11) is -1.09. The minimum Gasteiger partial charge on any atom is -0.361 e. The first-order valence-corrected chi connectivity index (χ1v) is 11.5. The second kappa shape index (κ2) is 7.26. The molecule has 1 N–H and O–H groups in total. The monoisotopic (exact) mass is 339 g/mol. The van der Waals surface area contributed by atoms with Crippen LogP contribution < -0.4 is 5.56 Å². The molecule has 2 heterocycles. The molecule has 0 aliphatic heterocycles. The molecule has 0 unspecified atom stereocenters. The van der Waals surface area contributed by atoms with Crippen molar-refractivity contribution < 1.29 is 4.74 Å². The van der Waals surface area contributed by atoms with Gasteiger partial charge in [0.15, 0.2) is 5.82 Å². The number of halogens is 1. The Bertz CT molecular complexity index is 676. The van der Waals surface area contributed by atoms with Crippen LogP contribution in [0.15, 0.2) is 29.2 Å². The predicted molar refractivity (Wildman–Crippen MR) is 91.9 cm³/mol. The summed E-state index contributed by atoms with van der Waals surface area (Å²) in [5.74, 6) is 0.728. The van der Waals surface area contributed by atoms with Crippen LogP contribution in [0.5, 0.6) is 0 Å². The number of nitrogens with one attached hydrogen (secondary N) is 1. The third kappa shape index (κ3) is 4.83. The largest absolute Gasteiger partial charge is 0.361 e. The summed E-state index contributed by atoms with van der Waals surface area (Å²) in [5, 5.41) is 0. The quantitative estimate of drug-likeness (QED) is 0.478. The molecule has 2 rings (SSSR count). The van der Waals surface area contributed by atoms with E-state index >= 15 is 0 Å². The lowest BCUT2D eigenvalue weighted by molar-refractivity contribution is 0.0884. The van der Waals surface area contributed by atoms with Crippen LogP contribution >= 0.6 is 11.6 Å². The van der Waals surface area contributed by atoms with E-state index in [1.807, 2.05) is 22.9 Å². The topological polar surface area (TPSA) is 59.9 Å². The zero-order valence-electron chi connectivity index (χ0n) is 13.2. The van der Waals surface area contributed by atoms with Crippen LogP contribution in [0.3, 0.4) is 0 Å². The molecule has 0 spiro atoms. The highest BCUT2D eigenvalue weighted by atomic mass is 35.5. The van der Waals surface area contributed by atoms with Crippen LogP contribution in [0.25, 0.3) is 11.5 Å². The number of rotatable bonds is 7. The molecule has 0 aliphatic carbocycles. The smallest absolute Gasteiger partial charge is 0.251 e. The van der Waals surface area contributed by atoms with Gasteiger partial charge in [0.1, 0.15) is 6.73 Å². The first kappa shape index (κ1) is 17.0. The molecule has 0 bridgehead atoms. The molecule has 7 heteroatoms. The van der Waals surface area contributed by atoms with E-state index in [0.29, 0.717) is 18.2 Å². The minimum absolute atomic E-state index is 0.201. The second-order valence-electron chi connectivity index (χ2n) is 6.43. The molecular weight excluding hydrogens is 318 g/mol. The number of ether oxygens (including phenoxy) is 1. The lowest BCUT2D eigenvalue weighted by atomic mass is 10.3. The summed E-state index contributed by atoms with van der Waals surface area (Å²) in [6, 6.07) is 6.34. The van der Waals surface area contributed by atoms with E-state index < -0.39 is 8.07 Å². The fourth-order valence-corrected chi connectivity index (χ4v) is 2.87. The van der Waals surface area contributed by atoms with Crippen LogP contribution in [-0.4, -0.2) is 29.2 Å². The van der Waals surface area contributed by atoms with Crippen molar-refractivity contribution in [3.05, 3.63) is 40.4 Å². The molecule has 22 heavy (non-hydrogen) atoms. The number of hydrogen-bond donors (Lipinski definition) is 1. The first-order valence-electron chi connectivity index (χ1n) is 7.28. The van der Waals surface area contributed by atoms with Gasteiger partial charge in [-0.1, -0.05) is 19.6 Å². The number of aromatic amines is 1. The van der Waals surface area contributed by atoms with Gasteiger partial charge in [0.05, 0.1) is 17.3 Å². The molecule has 2 aromatic rings. The molecule has 0 atom stereocenters. The highest BCUT2D eigenvalue weighted by Crippen LogP contribution is 2.16. The van der Waals surface area contributed by atoms with Crippen LogP contribution in [0.1, 0.15) is 5.69 Å². The van der Waals surface area contributed by atoms with Crippen molar-refractivity contribution >= 4 is 19.7 Å². The third-order valence-corrected chi connectivity index (χ3v) is 5.21. The molecule has 0 saturated heterocycles. The molecule has 0 amide bonds. The van der Waals surface area contributed by atoms with Crippen molar-refractivity contribution in [1.82, 2.24) is 14.5 Å². The molecule has 0 aromatic carbocycles. The summed E-state index contributed by atoms with van der Waals surface area (Å²) in [6.07, 6.45) is 1.91. The predicted octanol–water partition coefficient (Wildman–Crippen LogP) is 3.29. The van der Waals surface area contributed by atoms with Crippen molar-refractivity contribution in [2.24, 2.45) is 0 Å². The van der Waals surface area contributed by atoms with Crippen molar-refractivity contribution in [2.45, 2.75) is 38.3 Å². The maximum Gasteiger partial charge on any atom is 0.251 e. The Morgan fingerprint density at radius 1 is 1.41 bits per heavy atom. The van der Waals surface area contributed by atoms with Gasteiger partial charge in [-0.25, -0.2) is 4.98 Å². The first-order chi connectivity index (χ1) is 10.4. The van der Waals surface area contributed by atoms with Crippen molar-refractivity contribution in [1.29, 1.82) is 0 Å². The SMILES string of the molecule is C[Si](C)(C)CCOCn1cccc1-c1nc(CCl)cc(=O)[nH]1. The molecular formula is C15H22ClN3O2Si. The highest BCUT2D eigenvalue weighted by molar-refractivity contribution is 6.76. The second-order valence-corrected chi connectivity index (χ2v) is 12.3. The Hall–Kier alpha value is -1.37. The van der Waals surface area contributed by atoms with Gasteiger partial charge in [0.25, 0.3) is 5.56 Å². The van der Waals surface area contributed by atoms with Crippen LogP contribution in [0.2, 0.25) is 25.7 Å². The maximum atomic E-state index is 11.7. The number of aromatic nitrogens is 3. The number of hydrogen-bond acceptors (Lipinski definition) is 3. The summed E-state index contributed by atoms with van der Waals surface area (Å²) < 4.78 is 7.69. The van der Waals surface area contributed by atoms with E-state index in [-0.39, 0.29) is 11.4 Å². The molecule has 120 valence electrons. The Morgan fingerprint density at radius 2 is 2.18 bits per heavy atom. The summed E-state index contributed by atoms with van der Waals surface area (Å²) in [4.78, 5) is 18.8. The van der Waals surface area contributed by atoms with Gasteiger partial charge in [-0.3, -0.25) is 4.79 Å². The number of H-pyrrole nitrogens is 1. The van der Waals surface area contributed by atoms with E-state index in [1.165, 1.54) is 6.07 Å². The van der Waals surface area contributed by atoms with Gasteiger partial charge >= 0.3 is 0 Å². The maximum absolute atomic E-state index is 11.7. The summed E-state index contributed by atoms with van der Waals surface area (Å²) in [6.45, 7) is 8.16. The third-order valence-electron chi connectivity index (χ3n) is 3.23. The van der Waals surface area contributed by atoms with E-state index in [0.717, 1.165) is 18.3 Å². The van der Waals surface area contributed by atoms with Gasteiger partial charge < -0.3 is 14.3 Å². The Balaban J connectivity index is 2.09. The van der Waals surface area contributed by atoms with Crippen LogP contribution in [0.4, 0.5) is 0 Å². The molecule has 5 nitrogen and oxygen atoms in total. The summed E-state index contributed by atoms with van der Waals surface area (Å²) in [5.41, 5.74) is 1.18. The zero-order valence-corrected chi connectivity index (χ0v) is 15.0. The fourth-order valence-electron chi connectivity index (χ4n) is 1.98. The van der Waals surface area contributed by atoms with Crippen molar-refractivity contribution in [3.63, 3.8) is 0 Å². The Labute approximate surface area is 136 Å². The average molecular weight is 340 g/mol. The van der Waals surface area contributed by atoms with Crippen molar-refractivity contribution in [2.75, 3.05) is 6.61 Å². The highest BCUT2D eigenvalue weighted by Gasteiger charge is 2.13. The molecule has 0 radical (unpaired) electrons. The van der Waals surface area contributed by atoms with Crippen LogP contribution in [-0.2, 0) is 17.3 Å². The zero-order chi connectivity index (χ0) is 16.2. The lowest BCUT2D eigenvalue weighted by Gasteiger charge is -2.16. The summed E-state index contributed by atoms with van der Waals surface area (Å²) >= 11 is 5.77. The van der Waals surface area contributed by atoms with E-state index in [4.69, 9.17) is 16.3 Å². The van der Waals surface area contributed by atoms with Gasteiger partial charge in [-0.05, 0) is 18.2 Å². The van der Waals surface area contributed by atoms with Gasteiger partial charge in [-0.15, -0.1) is 11.6 Å². The van der Waals surface area contributed by atoms with Gasteiger partial charge in [0.2, 0.25) is 0 Å². The van der Waals surface area contributed by atoms with Gasteiger partial charge in [0, 0.05) is 26.9 Å². The van der Waals surface area contributed by atoms with E-state index in [9.17, 15) is 4.79 Å². The van der Waals surface area contributed by atoms with Crippen molar-refractivity contribution in [3.8, 4) is 11.5 Å². The molecule has 0 saturated carbocycles. The normalized spacial score (nSPS) is 11.8. The van der Waals surface area contributed by atoms with E-state index in [1.54, 1.807) is 0 Å². The van der Waals surface area contributed by atoms with E-state index in [2.05, 4.69) is 29.6 Å². The van der Waals surface area contributed by atoms with Crippen LogP contribution in [0, 0.1) is 0 Å². The average Bonchev–Trinajstić information content (AvgIpc) is 2.90. The molecule has 0 fully saturated rings.